The molecule has 1 aromatic heterocycles. The summed E-state index contributed by atoms with van der Waals surface area (Å²) >= 11 is 0. The molecule has 0 radical (unpaired) electrons. The van der Waals surface area contributed by atoms with Gasteiger partial charge in [-0.05, 0) is 90.3 Å². The van der Waals surface area contributed by atoms with Gasteiger partial charge in [-0.25, -0.2) is 5.43 Å². The molecule has 4 amide bonds. The first kappa shape index (κ1) is 47.9. The average Bonchev–Trinajstić information content (AvgIpc) is 3.84. The van der Waals surface area contributed by atoms with Crippen molar-refractivity contribution in [1.82, 2.24) is 30.1 Å². The van der Waals surface area contributed by atoms with Gasteiger partial charge in [0.15, 0.2) is 5.60 Å². The van der Waals surface area contributed by atoms with Gasteiger partial charge in [0, 0.05) is 74.2 Å². The number of benzene rings is 3. The van der Waals surface area contributed by atoms with Crippen molar-refractivity contribution in [3.8, 4) is 22.4 Å². The number of likely N-dealkylation sites (tertiary alicyclic amines) is 1. The normalized spacial score (nSPS) is 21.6. The molecule has 6 bridgehead atoms. The number of aromatic nitrogens is 1. The first-order valence-corrected chi connectivity index (χ1v) is 23.0. The molecule has 5 N–H and O–H groups in total. The van der Waals surface area contributed by atoms with Crippen molar-refractivity contribution in [3.05, 3.63) is 90.0 Å². The number of carbonyl (C=O) groups excluding carboxylic acids is 5. The summed E-state index contributed by atoms with van der Waals surface area (Å²) < 4.78 is 14.1. The summed E-state index contributed by atoms with van der Waals surface area (Å²) in [6.07, 6.45) is 2.67. The number of methoxy groups -OCH3 is 1. The number of nitrogens with one attached hydrogen (secondary N) is 2. The molecule has 1 unspecified atom stereocenters. The van der Waals surface area contributed by atoms with Gasteiger partial charge >= 0.3 is 5.97 Å². The van der Waals surface area contributed by atoms with Crippen LogP contribution in [0, 0.1) is 11.3 Å². The van der Waals surface area contributed by atoms with Crippen LogP contribution >= 0.6 is 0 Å². The second-order valence-electron chi connectivity index (χ2n) is 19.2. The number of aryl methyl sites for hydroxylation is 1. The summed E-state index contributed by atoms with van der Waals surface area (Å²) in [6.45, 7) is 14.8. The number of carbonyl (C=O) groups is 5. The van der Waals surface area contributed by atoms with Gasteiger partial charge in [0.05, 0.1) is 25.5 Å². The largest absolute Gasteiger partial charge is 0.464 e. The van der Waals surface area contributed by atoms with Crippen molar-refractivity contribution < 1.29 is 38.6 Å². The summed E-state index contributed by atoms with van der Waals surface area (Å²) in [5.41, 5.74) is 15.6. The summed E-state index contributed by atoms with van der Waals surface area (Å²) in [4.78, 5) is 72.1. The van der Waals surface area contributed by atoms with Crippen LogP contribution in [0.5, 0.6) is 0 Å². The molecule has 2 saturated heterocycles. The Hall–Kier alpha value is -6.03. The molecule has 4 atom stereocenters. The molecule has 15 heteroatoms. The highest BCUT2D eigenvalue weighted by atomic mass is 16.5. The number of nitrogens with two attached hydrogens (primary N) is 1. The van der Waals surface area contributed by atoms with Crippen molar-refractivity contribution in [2.45, 2.75) is 104 Å². The maximum atomic E-state index is 14.7. The fourth-order valence-corrected chi connectivity index (χ4v) is 10.0. The Morgan fingerprint density at radius 1 is 1.09 bits per heavy atom. The number of ether oxygens (including phenoxy) is 2. The van der Waals surface area contributed by atoms with Crippen molar-refractivity contribution >= 4 is 46.2 Å². The smallest absolute Gasteiger partial charge is 0.324 e. The van der Waals surface area contributed by atoms with Crippen molar-refractivity contribution in [1.29, 1.82) is 0 Å². The lowest BCUT2D eigenvalue weighted by atomic mass is 9.84. The number of hydrazine groups is 1. The number of amides is 4. The first-order chi connectivity index (χ1) is 31.4. The van der Waals surface area contributed by atoms with E-state index in [0.29, 0.717) is 43.7 Å². The van der Waals surface area contributed by atoms with E-state index in [1.54, 1.807) is 27.0 Å². The molecule has 66 heavy (non-hydrogen) atoms. The molecule has 4 heterocycles. The van der Waals surface area contributed by atoms with E-state index >= 15 is 0 Å². The highest BCUT2D eigenvalue weighted by molar-refractivity contribution is 5.97. The molecular weight excluding hydrogens is 839 g/mol. The zero-order valence-corrected chi connectivity index (χ0v) is 39.3. The number of nitrogens with zero attached hydrogens (tertiary/aromatic N) is 4. The van der Waals surface area contributed by atoms with Crippen LogP contribution in [0.4, 0.5) is 5.69 Å². The number of β-amino-alcohol motifs (C(OH)–C–C–N with tert-alkyl or cyclic N) is 1. The Balaban J connectivity index is 1.31. The van der Waals surface area contributed by atoms with Gasteiger partial charge < -0.3 is 40.0 Å². The number of hydrogen-bond donors (Lipinski definition) is 4. The van der Waals surface area contributed by atoms with E-state index in [1.165, 1.54) is 21.9 Å². The van der Waals surface area contributed by atoms with Crippen LogP contribution in [0.1, 0.15) is 70.6 Å². The predicted octanol–water partition coefficient (Wildman–Crippen LogP) is 5.00. The Kier molecular flexibility index (Phi) is 14.1. The lowest BCUT2D eigenvalue weighted by Gasteiger charge is -2.37. The van der Waals surface area contributed by atoms with Crippen molar-refractivity contribution in [3.63, 3.8) is 0 Å². The number of aliphatic hydroxyl groups is 1. The standard InChI is InChI=1S/C51H65N7O8/c1-9-43(59)56-21-19-51(64,29-56)49(63)55(7)44(31(3)4)46(60)53-41-24-32-22-35(25-36(52)23-32)33-17-18-42-38(26-33)39(45(57(42)10-2)37-15-12-11-14-34(37)28-65-8)27-50(5,6)30-66-48(62)40-16-13-20-58(54-40)47(41)61/h9,11-12,14-15,17-18,22-23,25-26,31,40-41,44,54,64H,1,10,13,16,19-21,24,27-30,52H2,2-8H3,(H,53,60)/t40-,41-,44-,51?/m0/s1. The van der Waals surface area contributed by atoms with Gasteiger partial charge in [-0.2, -0.15) is 0 Å². The van der Waals surface area contributed by atoms with E-state index < -0.39 is 64.7 Å². The predicted molar refractivity (Wildman–Crippen MR) is 253 cm³/mol. The molecule has 3 aliphatic heterocycles. The number of anilines is 1. The molecule has 4 aromatic rings. The zero-order chi connectivity index (χ0) is 47.7. The highest BCUT2D eigenvalue weighted by Gasteiger charge is 2.48. The molecule has 0 aliphatic carbocycles. The Morgan fingerprint density at radius 2 is 1.85 bits per heavy atom. The quantitative estimate of drug-likeness (QED) is 0.0958. The van der Waals surface area contributed by atoms with E-state index in [4.69, 9.17) is 15.2 Å². The minimum atomic E-state index is -1.91. The Morgan fingerprint density at radius 3 is 2.56 bits per heavy atom. The van der Waals surface area contributed by atoms with E-state index in [1.807, 2.05) is 24.3 Å². The van der Waals surface area contributed by atoms with Gasteiger partial charge in [-0.15, -0.1) is 0 Å². The maximum Gasteiger partial charge on any atom is 0.324 e. The highest BCUT2D eigenvalue weighted by Crippen LogP contribution is 2.41. The second-order valence-corrected chi connectivity index (χ2v) is 19.2. The summed E-state index contributed by atoms with van der Waals surface area (Å²) in [6, 6.07) is 17.2. The average molecular weight is 904 g/mol. The van der Waals surface area contributed by atoms with E-state index in [-0.39, 0.29) is 39.1 Å². The molecule has 2 fully saturated rings. The number of esters is 1. The number of nitrogen functional groups attached to an aromatic ring is 1. The molecule has 3 aromatic carbocycles. The van der Waals surface area contributed by atoms with Gasteiger partial charge in [0.1, 0.15) is 18.1 Å². The topological polar surface area (TPSA) is 189 Å². The molecule has 0 spiro atoms. The minimum Gasteiger partial charge on any atom is -0.464 e. The van der Waals surface area contributed by atoms with Gasteiger partial charge in [0.2, 0.25) is 11.8 Å². The van der Waals surface area contributed by atoms with Crippen molar-refractivity contribution in [2.24, 2.45) is 11.3 Å². The summed E-state index contributed by atoms with van der Waals surface area (Å²) in [7, 11) is 3.14. The maximum absolute atomic E-state index is 14.7. The third kappa shape index (κ3) is 9.74. The number of cyclic esters (lactones) is 1. The van der Waals surface area contributed by atoms with Crippen LogP contribution < -0.4 is 16.5 Å². The van der Waals surface area contributed by atoms with Gasteiger partial charge in [-0.3, -0.25) is 29.0 Å². The second kappa shape index (κ2) is 19.4. The summed E-state index contributed by atoms with van der Waals surface area (Å²) in [5.74, 6) is -3.14. The third-order valence-corrected chi connectivity index (χ3v) is 13.2. The van der Waals surface area contributed by atoms with E-state index in [0.717, 1.165) is 50.5 Å². The van der Waals surface area contributed by atoms with Crippen molar-refractivity contribution in [2.75, 3.05) is 46.1 Å². The molecule has 0 saturated carbocycles. The third-order valence-electron chi connectivity index (χ3n) is 13.2. The lowest BCUT2D eigenvalue weighted by Crippen LogP contribution is -2.63. The molecule has 352 valence electrons. The van der Waals surface area contributed by atoms with Crippen LogP contribution in [-0.2, 0) is 59.4 Å². The minimum absolute atomic E-state index is 0.00895. The fraction of sp³-hybridized carbons (Fsp3) is 0.471. The Bertz CT molecular complexity index is 2530. The van der Waals surface area contributed by atoms with Gasteiger partial charge in [-0.1, -0.05) is 70.7 Å². The first-order valence-electron chi connectivity index (χ1n) is 23.0. The monoisotopic (exact) mass is 903 g/mol. The number of hydrogen-bond acceptors (Lipinski definition) is 10. The van der Waals surface area contributed by atoms with E-state index in [9.17, 15) is 29.1 Å². The molecular formula is C51H65N7O8. The summed E-state index contributed by atoms with van der Waals surface area (Å²) in [5, 5.41) is 16.9. The Labute approximate surface area is 387 Å². The number of likely N-dealkylation sites (N-methyl/N-ethyl adjacent to an activating group) is 1. The fourth-order valence-electron chi connectivity index (χ4n) is 10.0. The lowest BCUT2D eigenvalue weighted by molar-refractivity contribution is -0.156. The SMILES string of the molecule is C=CC(=O)N1CCC(O)(C(=O)N(C)[C@H](C(=O)N[C@H]2Cc3cc(N)cc(c3)-c3ccc4c(c3)c(c(-c3ccccc3COC)n4CC)CC(C)(C)COC(=O)[C@@H]3CCCN(N3)C2=O)C(C)C)C1. The molecule has 3 aliphatic rings. The van der Waals surface area contributed by atoms with Crippen LogP contribution in [-0.4, -0.2) is 118 Å². The van der Waals surface area contributed by atoms with E-state index in [2.05, 4.69) is 73.0 Å². The van der Waals surface area contributed by atoms with Crippen LogP contribution in [0.2, 0.25) is 0 Å². The number of rotatable bonds is 10. The van der Waals surface area contributed by atoms with Crippen LogP contribution in [0.15, 0.2) is 73.3 Å². The van der Waals surface area contributed by atoms with Crippen LogP contribution in [0.25, 0.3) is 33.3 Å². The molecule has 15 nitrogen and oxygen atoms in total. The number of fused-ring (bicyclic) bond motifs is 6. The van der Waals surface area contributed by atoms with Gasteiger partial charge in [0.25, 0.3) is 11.8 Å². The zero-order valence-electron chi connectivity index (χ0n) is 39.3. The molecule has 7 rings (SSSR count). The van der Waals surface area contributed by atoms with Crippen LogP contribution in [0.3, 0.4) is 0 Å².